The fourth-order valence-electron chi connectivity index (χ4n) is 1.59. The molecule has 1 saturated carbocycles. The second-order valence-electron chi connectivity index (χ2n) is 4.39. The molecule has 2 N–H and O–H groups in total. The van der Waals surface area contributed by atoms with Crippen molar-refractivity contribution < 1.29 is 18.3 Å². The normalized spacial score (nSPS) is 22.8. The lowest BCUT2D eigenvalue weighted by atomic mass is 10.2. The number of hydrogen-bond donors (Lipinski definition) is 2. The molecule has 0 amide bonds. The van der Waals surface area contributed by atoms with Crippen LogP contribution >= 0.6 is 11.6 Å². The molecule has 0 aliphatic heterocycles. The monoisotopic (exact) mass is 289 g/mol. The third-order valence-corrected chi connectivity index (χ3v) is 4.71. The maximum absolute atomic E-state index is 12.0. The molecule has 0 spiro atoms. The van der Waals surface area contributed by atoms with Gasteiger partial charge < -0.3 is 5.11 Å². The molecule has 1 aromatic rings. The average Bonchev–Trinajstić information content (AvgIpc) is 2.92. The molecule has 1 fully saturated rings. The first-order chi connectivity index (χ1) is 8.31. The van der Waals surface area contributed by atoms with E-state index in [0.717, 1.165) is 12.5 Å². The summed E-state index contributed by atoms with van der Waals surface area (Å²) in [5.41, 5.74) is -0.219. The van der Waals surface area contributed by atoms with Gasteiger partial charge in [-0.05, 0) is 30.5 Å². The van der Waals surface area contributed by atoms with E-state index in [-0.39, 0.29) is 21.5 Å². The lowest BCUT2D eigenvalue weighted by Gasteiger charge is -2.07. The van der Waals surface area contributed by atoms with E-state index in [1.807, 2.05) is 6.92 Å². The standard InChI is InChI=1S/C11H12ClNO4S/c1-6-4-10(6)13-18(16,17)7-2-3-9(12)8(5-7)11(14)15/h2-3,5-6,10,13H,4H2,1H3,(H,14,15). The molecule has 2 rings (SSSR count). The first-order valence-electron chi connectivity index (χ1n) is 5.36. The summed E-state index contributed by atoms with van der Waals surface area (Å²) in [6, 6.07) is 3.58. The van der Waals surface area contributed by atoms with Crippen molar-refractivity contribution >= 4 is 27.6 Å². The number of aromatic carboxylic acids is 1. The number of hydrogen-bond acceptors (Lipinski definition) is 3. The van der Waals surface area contributed by atoms with Crippen molar-refractivity contribution in [1.82, 2.24) is 4.72 Å². The van der Waals surface area contributed by atoms with Crippen LogP contribution in [0.3, 0.4) is 0 Å². The zero-order chi connectivity index (χ0) is 13.5. The lowest BCUT2D eigenvalue weighted by Crippen LogP contribution is -2.27. The number of carbonyl (C=O) groups is 1. The molecule has 18 heavy (non-hydrogen) atoms. The van der Waals surface area contributed by atoms with Gasteiger partial charge in [0.15, 0.2) is 0 Å². The molecule has 0 heterocycles. The largest absolute Gasteiger partial charge is 0.478 e. The Morgan fingerprint density at radius 3 is 2.61 bits per heavy atom. The molecule has 98 valence electrons. The number of carboxylic acid groups (broad SMARTS) is 1. The number of sulfonamides is 1. The van der Waals surface area contributed by atoms with E-state index in [4.69, 9.17) is 16.7 Å². The molecule has 7 heteroatoms. The van der Waals surface area contributed by atoms with Gasteiger partial charge in [0.2, 0.25) is 10.0 Å². The Hall–Kier alpha value is -1.11. The van der Waals surface area contributed by atoms with Gasteiger partial charge in [-0.25, -0.2) is 17.9 Å². The quantitative estimate of drug-likeness (QED) is 0.884. The van der Waals surface area contributed by atoms with Crippen molar-refractivity contribution in [2.24, 2.45) is 5.92 Å². The third kappa shape index (κ3) is 2.66. The number of rotatable bonds is 4. The van der Waals surface area contributed by atoms with Gasteiger partial charge in [-0.3, -0.25) is 0 Å². The summed E-state index contributed by atoms with van der Waals surface area (Å²) in [5.74, 6) is -0.928. The van der Waals surface area contributed by atoms with Crippen LogP contribution in [0.4, 0.5) is 0 Å². The lowest BCUT2D eigenvalue weighted by molar-refractivity contribution is 0.0697. The molecule has 5 nitrogen and oxygen atoms in total. The van der Waals surface area contributed by atoms with Gasteiger partial charge in [0, 0.05) is 6.04 Å². The van der Waals surface area contributed by atoms with E-state index in [1.54, 1.807) is 0 Å². The van der Waals surface area contributed by atoms with Crippen molar-refractivity contribution in [2.75, 3.05) is 0 Å². The zero-order valence-corrected chi connectivity index (χ0v) is 11.1. The van der Waals surface area contributed by atoms with E-state index in [9.17, 15) is 13.2 Å². The Labute approximate surface area is 110 Å². The van der Waals surface area contributed by atoms with Crippen molar-refractivity contribution in [3.8, 4) is 0 Å². The van der Waals surface area contributed by atoms with Crippen LogP contribution in [-0.4, -0.2) is 25.5 Å². The van der Waals surface area contributed by atoms with Crippen LogP contribution < -0.4 is 4.72 Å². The van der Waals surface area contributed by atoms with Crippen LogP contribution in [0.5, 0.6) is 0 Å². The van der Waals surface area contributed by atoms with E-state index in [1.165, 1.54) is 12.1 Å². The van der Waals surface area contributed by atoms with Crippen molar-refractivity contribution in [3.05, 3.63) is 28.8 Å². The SMILES string of the molecule is CC1CC1NS(=O)(=O)c1ccc(Cl)c(C(=O)O)c1. The zero-order valence-electron chi connectivity index (χ0n) is 9.55. The summed E-state index contributed by atoms with van der Waals surface area (Å²) in [6.45, 7) is 1.94. The minimum Gasteiger partial charge on any atom is -0.478 e. The molecule has 0 aromatic heterocycles. The highest BCUT2D eigenvalue weighted by Gasteiger charge is 2.36. The maximum atomic E-state index is 12.0. The van der Waals surface area contributed by atoms with Crippen LogP contribution in [0.2, 0.25) is 5.02 Å². The summed E-state index contributed by atoms with van der Waals surface area (Å²) in [7, 11) is -3.67. The molecular weight excluding hydrogens is 278 g/mol. The van der Waals surface area contributed by atoms with Crippen molar-refractivity contribution in [2.45, 2.75) is 24.3 Å². The Morgan fingerprint density at radius 2 is 2.11 bits per heavy atom. The van der Waals surface area contributed by atoms with E-state index in [0.29, 0.717) is 5.92 Å². The summed E-state index contributed by atoms with van der Waals surface area (Å²) < 4.78 is 26.5. The Balaban J connectivity index is 2.33. The molecule has 0 bridgehead atoms. The summed E-state index contributed by atoms with van der Waals surface area (Å²) in [4.78, 5) is 10.8. The van der Waals surface area contributed by atoms with Crippen LogP contribution in [0.15, 0.2) is 23.1 Å². The van der Waals surface area contributed by atoms with E-state index < -0.39 is 16.0 Å². The first kappa shape index (κ1) is 13.3. The van der Waals surface area contributed by atoms with Gasteiger partial charge in [-0.15, -0.1) is 0 Å². The average molecular weight is 290 g/mol. The first-order valence-corrected chi connectivity index (χ1v) is 7.22. The fourth-order valence-corrected chi connectivity index (χ4v) is 3.17. The smallest absolute Gasteiger partial charge is 0.337 e. The third-order valence-electron chi connectivity index (χ3n) is 2.89. The van der Waals surface area contributed by atoms with Crippen LogP contribution in [0, 0.1) is 5.92 Å². The molecule has 0 saturated heterocycles. The minimum absolute atomic E-state index is 0.0150. The van der Waals surface area contributed by atoms with Gasteiger partial charge in [-0.2, -0.15) is 0 Å². The fraction of sp³-hybridized carbons (Fsp3) is 0.364. The van der Waals surface area contributed by atoms with Gasteiger partial charge >= 0.3 is 5.97 Å². The molecule has 0 radical (unpaired) electrons. The number of carboxylic acids is 1. The number of nitrogens with one attached hydrogen (secondary N) is 1. The summed E-state index contributed by atoms with van der Waals surface area (Å²) in [5, 5.41) is 8.91. The van der Waals surface area contributed by atoms with E-state index >= 15 is 0 Å². The number of halogens is 1. The summed E-state index contributed by atoms with van der Waals surface area (Å²) >= 11 is 5.69. The molecule has 2 atom stereocenters. The highest BCUT2D eigenvalue weighted by atomic mass is 35.5. The van der Waals surface area contributed by atoms with Crippen LogP contribution in [0.1, 0.15) is 23.7 Å². The topological polar surface area (TPSA) is 83.5 Å². The van der Waals surface area contributed by atoms with Gasteiger partial charge in [0.05, 0.1) is 15.5 Å². The second kappa shape index (κ2) is 4.53. The predicted octanol–water partition coefficient (Wildman–Crippen LogP) is 1.72. The Kier molecular flexibility index (Phi) is 3.35. The maximum Gasteiger partial charge on any atom is 0.337 e. The van der Waals surface area contributed by atoms with Gasteiger partial charge in [0.1, 0.15) is 0 Å². The molecule has 1 aliphatic rings. The second-order valence-corrected chi connectivity index (χ2v) is 6.51. The van der Waals surface area contributed by atoms with Crippen molar-refractivity contribution in [3.63, 3.8) is 0 Å². The van der Waals surface area contributed by atoms with Crippen LogP contribution in [-0.2, 0) is 10.0 Å². The van der Waals surface area contributed by atoms with Gasteiger partial charge in [0.25, 0.3) is 0 Å². The van der Waals surface area contributed by atoms with E-state index in [2.05, 4.69) is 4.72 Å². The highest BCUT2D eigenvalue weighted by Crippen LogP contribution is 2.31. The molecule has 1 aliphatic carbocycles. The Morgan fingerprint density at radius 1 is 1.50 bits per heavy atom. The minimum atomic E-state index is -3.67. The number of benzene rings is 1. The van der Waals surface area contributed by atoms with Gasteiger partial charge in [-0.1, -0.05) is 18.5 Å². The van der Waals surface area contributed by atoms with Crippen LogP contribution in [0.25, 0.3) is 0 Å². The van der Waals surface area contributed by atoms with Crippen molar-refractivity contribution in [1.29, 1.82) is 0 Å². The Bertz CT molecular complexity index is 599. The molecule has 2 unspecified atom stereocenters. The summed E-state index contributed by atoms with van der Waals surface area (Å²) in [6.07, 6.45) is 0.804. The molecular formula is C11H12ClNO4S. The highest BCUT2D eigenvalue weighted by molar-refractivity contribution is 7.89. The molecule has 1 aromatic carbocycles. The predicted molar refractivity (Wildman–Crippen MR) is 66.3 cm³/mol.